The summed E-state index contributed by atoms with van der Waals surface area (Å²) in [6.07, 6.45) is 1.02. The van der Waals surface area contributed by atoms with E-state index >= 15 is 0 Å². The molecule has 0 N–H and O–H groups in total. The highest BCUT2D eigenvalue weighted by atomic mass is 16.1. The molecule has 0 atom stereocenters. The molecule has 0 aliphatic carbocycles. The van der Waals surface area contributed by atoms with Crippen molar-refractivity contribution < 1.29 is 9.59 Å². The third kappa shape index (κ3) is 3.51. The van der Waals surface area contributed by atoms with Crippen LogP contribution in [0.1, 0.15) is 71.4 Å². The molecule has 0 aromatic heterocycles. The Morgan fingerprint density at radius 2 is 1.23 bits per heavy atom. The Kier molecular flexibility index (Phi) is 5.26. The standard InChI is InChI=1S/C20H22O2/c1-4-19(21)17-10-6-8-15(12-17)14(3)16-9-7-11-18(13-16)20(22)5-2/h6-14H,4-5H2,1-3H3. The molecular weight excluding hydrogens is 272 g/mol. The number of carbonyl (C=O) groups excluding carboxylic acids is 2. The summed E-state index contributed by atoms with van der Waals surface area (Å²) in [5.74, 6) is 0.460. The van der Waals surface area contributed by atoms with Gasteiger partial charge in [-0.05, 0) is 23.3 Å². The van der Waals surface area contributed by atoms with Crippen molar-refractivity contribution in [3.05, 3.63) is 70.8 Å². The van der Waals surface area contributed by atoms with Crippen LogP contribution in [-0.4, -0.2) is 11.6 Å². The van der Waals surface area contributed by atoms with E-state index in [0.717, 1.165) is 22.3 Å². The molecule has 2 nitrogen and oxygen atoms in total. The Bertz CT molecular complexity index is 626. The van der Waals surface area contributed by atoms with Gasteiger partial charge in [0.05, 0.1) is 0 Å². The Labute approximate surface area is 132 Å². The average Bonchev–Trinajstić information content (AvgIpc) is 2.59. The van der Waals surface area contributed by atoms with Gasteiger partial charge in [-0.1, -0.05) is 57.2 Å². The average molecular weight is 294 g/mol. The molecule has 0 heterocycles. The van der Waals surface area contributed by atoms with E-state index in [9.17, 15) is 9.59 Å². The maximum Gasteiger partial charge on any atom is 0.162 e. The molecule has 0 aliphatic heterocycles. The Morgan fingerprint density at radius 3 is 1.59 bits per heavy atom. The topological polar surface area (TPSA) is 34.1 Å². The fourth-order valence-corrected chi connectivity index (χ4v) is 2.56. The molecule has 22 heavy (non-hydrogen) atoms. The highest BCUT2D eigenvalue weighted by molar-refractivity contribution is 5.96. The number of rotatable bonds is 6. The van der Waals surface area contributed by atoms with E-state index < -0.39 is 0 Å². The largest absolute Gasteiger partial charge is 0.294 e. The lowest BCUT2D eigenvalue weighted by Gasteiger charge is -2.14. The van der Waals surface area contributed by atoms with Crippen molar-refractivity contribution >= 4 is 11.6 Å². The van der Waals surface area contributed by atoms with Gasteiger partial charge in [-0.25, -0.2) is 0 Å². The molecule has 0 fully saturated rings. The van der Waals surface area contributed by atoms with Crippen LogP contribution in [0.5, 0.6) is 0 Å². The molecule has 0 radical (unpaired) electrons. The lowest BCUT2D eigenvalue weighted by Crippen LogP contribution is -2.03. The van der Waals surface area contributed by atoms with Crippen LogP contribution in [-0.2, 0) is 0 Å². The quantitative estimate of drug-likeness (QED) is 0.701. The number of benzene rings is 2. The van der Waals surface area contributed by atoms with Gasteiger partial charge in [-0.3, -0.25) is 9.59 Å². The second-order valence-corrected chi connectivity index (χ2v) is 5.53. The Balaban J connectivity index is 2.34. The third-order valence-corrected chi connectivity index (χ3v) is 4.06. The first kappa shape index (κ1) is 16.2. The van der Waals surface area contributed by atoms with Gasteiger partial charge in [-0.2, -0.15) is 0 Å². The first-order chi connectivity index (χ1) is 10.6. The molecule has 0 bridgehead atoms. The minimum absolute atomic E-state index is 0.147. The molecule has 114 valence electrons. The minimum Gasteiger partial charge on any atom is -0.294 e. The summed E-state index contributed by atoms with van der Waals surface area (Å²) in [5.41, 5.74) is 3.71. The lowest BCUT2D eigenvalue weighted by molar-refractivity contribution is 0.0980. The molecule has 0 unspecified atom stereocenters. The SMILES string of the molecule is CCC(=O)c1cccc(C(C)c2cccc(C(=O)CC)c2)c1. The van der Waals surface area contributed by atoms with Crippen molar-refractivity contribution in [2.45, 2.75) is 39.5 Å². The molecule has 0 spiro atoms. The first-order valence-electron chi connectivity index (χ1n) is 7.83. The van der Waals surface area contributed by atoms with E-state index in [2.05, 4.69) is 6.92 Å². The number of carbonyl (C=O) groups is 2. The van der Waals surface area contributed by atoms with Crippen molar-refractivity contribution in [2.75, 3.05) is 0 Å². The van der Waals surface area contributed by atoms with Crippen molar-refractivity contribution in [2.24, 2.45) is 0 Å². The predicted octanol–water partition coefficient (Wildman–Crippen LogP) is 5.02. The zero-order valence-electron chi connectivity index (χ0n) is 13.4. The van der Waals surface area contributed by atoms with Crippen molar-refractivity contribution in [1.29, 1.82) is 0 Å². The molecule has 0 saturated carbocycles. The summed E-state index contributed by atoms with van der Waals surface area (Å²) in [6.45, 7) is 5.85. The van der Waals surface area contributed by atoms with Gasteiger partial charge >= 0.3 is 0 Å². The van der Waals surface area contributed by atoms with E-state index in [0.29, 0.717) is 12.8 Å². The monoisotopic (exact) mass is 294 g/mol. The Morgan fingerprint density at radius 1 is 0.818 bits per heavy atom. The van der Waals surface area contributed by atoms with Crippen LogP contribution in [0.3, 0.4) is 0 Å². The maximum absolute atomic E-state index is 11.9. The fraction of sp³-hybridized carbons (Fsp3) is 0.300. The van der Waals surface area contributed by atoms with Gasteiger partial charge in [-0.15, -0.1) is 0 Å². The zero-order valence-corrected chi connectivity index (χ0v) is 13.4. The van der Waals surface area contributed by atoms with Gasteiger partial charge in [0.15, 0.2) is 11.6 Å². The van der Waals surface area contributed by atoms with Crippen molar-refractivity contribution in [3.63, 3.8) is 0 Å². The summed E-state index contributed by atoms with van der Waals surface area (Å²) < 4.78 is 0. The molecule has 2 aromatic carbocycles. The molecule has 0 amide bonds. The van der Waals surface area contributed by atoms with E-state index in [1.54, 1.807) is 0 Å². The molecule has 2 heteroatoms. The minimum atomic E-state index is 0.147. The van der Waals surface area contributed by atoms with Gasteiger partial charge in [0.1, 0.15) is 0 Å². The summed E-state index contributed by atoms with van der Waals surface area (Å²) in [5, 5.41) is 0. The molecule has 0 saturated heterocycles. The van der Waals surface area contributed by atoms with Gasteiger partial charge in [0, 0.05) is 29.9 Å². The second kappa shape index (κ2) is 7.17. The van der Waals surface area contributed by atoms with Gasteiger partial charge in [0.2, 0.25) is 0 Å². The second-order valence-electron chi connectivity index (χ2n) is 5.53. The van der Waals surface area contributed by atoms with Crippen molar-refractivity contribution in [1.82, 2.24) is 0 Å². The molecular formula is C20H22O2. The van der Waals surface area contributed by atoms with Gasteiger partial charge < -0.3 is 0 Å². The fourth-order valence-electron chi connectivity index (χ4n) is 2.56. The van der Waals surface area contributed by atoms with E-state index in [1.165, 1.54) is 0 Å². The van der Waals surface area contributed by atoms with E-state index in [4.69, 9.17) is 0 Å². The highest BCUT2D eigenvalue weighted by Crippen LogP contribution is 2.26. The summed E-state index contributed by atoms with van der Waals surface area (Å²) in [6, 6.07) is 15.6. The molecule has 2 aromatic rings. The molecule has 2 rings (SSSR count). The van der Waals surface area contributed by atoms with Gasteiger partial charge in [0.25, 0.3) is 0 Å². The number of Topliss-reactive ketones (excluding diaryl/α,β-unsaturated/α-hetero) is 2. The van der Waals surface area contributed by atoms with Crippen LogP contribution < -0.4 is 0 Å². The lowest BCUT2D eigenvalue weighted by atomic mass is 9.90. The number of hydrogen-bond donors (Lipinski definition) is 0. The smallest absolute Gasteiger partial charge is 0.162 e. The van der Waals surface area contributed by atoms with Crippen LogP contribution in [0, 0.1) is 0 Å². The summed E-state index contributed by atoms with van der Waals surface area (Å²) >= 11 is 0. The van der Waals surface area contributed by atoms with E-state index in [-0.39, 0.29) is 17.5 Å². The number of hydrogen-bond acceptors (Lipinski definition) is 2. The first-order valence-corrected chi connectivity index (χ1v) is 7.83. The highest BCUT2D eigenvalue weighted by Gasteiger charge is 2.13. The predicted molar refractivity (Wildman–Crippen MR) is 89.6 cm³/mol. The summed E-state index contributed by atoms with van der Waals surface area (Å²) in [7, 11) is 0. The number of ketones is 2. The van der Waals surface area contributed by atoms with Crippen LogP contribution in [0.15, 0.2) is 48.5 Å². The zero-order chi connectivity index (χ0) is 16.1. The normalized spacial score (nSPS) is 10.7. The Hall–Kier alpha value is -2.22. The molecule has 0 aliphatic rings. The van der Waals surface area contributed by atoms with Crippen molar-refractivity contribution in [3.8, 4) is 0 Å². The third-order valence-electron chi connectivity index (χ3n) is 4.06. The summed E-state index contributed by atoms with van der Waals surface area (Å²) in [4.78, 5) is 23.7. The van der Waals surface area contributed by atoms with Crippen LogP contribution in [0.25, 0.3) is 0 Å². The maximum atomic E-state index is 11.9. The van der Waals surface area contributed by atoms with Crippen LogP contribution in [0.4, 0.5) is 0 Å². The van der Waals surface area contributed by atoms with Crippen LogP contribution in [0.2, 0.25) is 0 Å². The van der Waals surface area contributed by atoms with Crippen LogP contribution >= 0.6 is 0 Å². The van der Waals surface area contributed by atoms with E-state index in [1.807, 2.05) is 62.4 Å².